The third-order valence-electron chi connectivity index (χ3n) is 6.59. The second kappa shape index (κ2) is 10.3. The summed E-state index contributed by atoms with van der Waals surface area (Å²) in [5.41, 5.74) is 1.04. The molecule has 0 unspecified atom stereocenters. The van der Waals surface area contributed by atoms with Crippen molar-refractivity contribution in [1.29, 1.82) is 0 Å². The number of aromatic nitrogens is 2. The van der Waals surface area contributed by atoms with Crippen LogP contribution in [0.1, 0.15) is 29.6 Å². The highest BCUT2D eigenvalue weighted by molar-refractivity contribution is 6.04. The molecule has 34 heavy (non-hydrogen) atoms. The van der Waals surface area contributed by atoms with E-state index in [4.69, 9.17) is 4.42 Å². The highest BCUT2D eigenvalue weighted by atomic mass is 19.1. The van der Waals surface area contributed by atoms with Crippen molar-refractivity contribution in [3.63, 3.8) is 0 Å². The number of piperidine rings is 1. The molecule has 9 heteroatoms. The zero-order chi connectivity index (χ0) is 23.3. The monoisotopic (exact) mass is 464 g/mol. The fraction of sp³-hybridized carbons (Fsp3) is 0.400. The highest BCUT2D eigenvalue weighted by Gasteiger charge is 2.28. The number of halogens is 1. The van der Waals surface area contributed by atoms with Crippen LogP contribution >= 0.6 is 0 Å². The lowest BCUT2D eigenvalue weighted by molar-refractivity contribution is 0.102. The minimum Gasteiger partial charge on any atom is -0.403 e. The molecule has 178 valence electrons. The van der Waals surface area contributed by atoms with Crippen molar-refractivity contribution in [3.05, 3.63) is 59.9 Å². The Hall–Kier alpha value is -3.30. The van der Waals surface area contributed by atoms with Gasteiger partial charge in [-0.25, -0.2) is 4.39 Å². The number of benzene rings is 2. The first-order chi connectivity index (χ1) is 16.7. The number of fused-ring (bicyclic) bond motifs is 4. The maximum Gasteiger partial charge on any atom is 0.315 e. The van der Waals surface area contributed by atoms with Crippen LogP contribution in [0.2, 0.25) is 0 Å². The largest absolute Gasteiger partial charge is 0.403 e. The standard InChI is InChI=1S/C25H29FN6O2/c26-22-17-19(28-23(33)18-5-2-1-3-6-18)7-8-21(22)24-29-30-25(34-24)27-11-4-12-32-16-15-31-13-9-20(32)10-14-31/h1-3,5-8,17,20H,4,9-16H2,(H,27,30)(H,28,33). The van der Waals surface area contributed by atoms with E-state index in [0.29, 0.717) is 23.8 Å². The van der Waals surface area contributed by atoms with Gasteiger partial charge in [0.15, 0.2) is 0 Å². The van der Waals surface area contributed by atoms with E-state index in [9.17, 15) is 9.18 Å². The summed E-state index contributed by atoms with van der Waals surface area (Å²) in [6.07, 6.45) is 3.50. The first kappa shape index (κ1) is 22.5. The molecule has 3 aromatic rings. The Morgan fingerprint density at radius 1 is 1.06 bits per heavy atom. The van der Waals surface area contributed by atoms with Crippen molar-refractivity contribution >= 4 is 17.6 Å². The second-order valence-corrected chi connectivity index (χ2v) is 8.82. The predicted octanol–water partition coefficient (Wildman–Crippen LogP) is 3.71. The Balaban J connectivity index is 1.13. The molecule has 3 aliphatic rings. The molecule has 0 aliphatic carbocycles. The summed E-state index contributed by atoms with van der Waals surface area (Å²) in [4.78, 5) is 17.4. The number of carbonyl (C=O) groups excluding carboxylic acids is 1. The van der Waals surface area contributed by atoms with Gasteiger partial charge < -0.3 is 20.0 Å². The summed E-state index contributed by atoms with van der Waals surface area (Å²) in [7, 11) is 0. The lowest BCUT2D eigenvalue weighted by Crippen LogP contribution is -2.38. The molecular weight excluding hydrogens is 435 g/mol. The van der Waals surface area contributed by atoms with Gasteiger partial charge >= 0.3 is 6.01 Å². The molecule has 2 bridgehead atoms. The number of anilines is 2. The van der Waals surface area contributed by atoms with Gasteiger partial charge in [0.05, 0.1) is 5.56 Å². The maximum atomic E-state index is 14.7. The van der Waals surface area contributed by atoms with Gasteiger partial charge in [-0.3, -0.25) is 9.69 Å². The molecule has 3 aliphatic heterocycles. The summed E-state index contributed by atoms with van der Waals surface area (Å²) < 4.78 is 20.3. The fourth-order valence-corrected chi connectivity index (χ4v) is 4.69. The highest BCUT2D eigenvalue weighted by Crippen LogP contribution is 2.26. The molecule has 1 amide bonds. The van der Waals surface area contributed by atoms with E-state index in [2.05, 4.69) is 30.6 Å². The molecule has 3 saturated heterocycles. The van der Waals surface area contributed by atoms with Crippen LogP contribution in [0.15, 0.2) is 52.9 Å². The lowest BCUT2D eigenvalue weighted by atomic mass is 10.1. The average molecular weight is 465 g/mol. The minimum absolute atomic E-state index is 0.0968. The summed E-state index contributed by atoms with van der Waals surface area (Å²) in [5, 5.41) is 13.8. The molecule has 4 heterocycles. The molecule has 0 saturated carbocycles. The normalized spacial score (nSPS) is 20.1. The van der Waals surface area contributed by atoms with Gasteiger partial charge in [0.2, 0.25) is 0 Å². The smallest absolute Gasteiger partial charge is 0.315 e. The molecule has 6 rings (SSSR count). The number of carbonyl (C=O) groups is 1. The van der Waals surface area contributed by atoms with Crippen LogP contribution in [0, 0.1) is 5.82 Å². The van der Waals surface area contributed by atoms with Crippen molar-refractivity contribution in [2.75, 3.05) is 49.9 Å². The van der Waals surface area contributed by atoms with Crippen LogP contribution in [-0.2, 0) is 0 Å². The van der Waals surface area contributed by atoms with Crippen molar-refractivity contribution < 1.29 is 13.6 Å². The van der Waals surface area contributed by atoms with E-state index in [1.165, 1.54) is 38.1 Å². The first-order valence-corrected chi connectivity index (χ1v) is 11.9. The molecule has 2 aromatic carbocycles. The van der Waals surface area contributed by atoms with E-state index in [1.807, 2.05) is 6.07 Å². The summed E-state index contributed by atoms with van der Waals surface area (Å²) >= 11 is 0. The zero-order valence-electron chi connectivity index (χ0n) is 19.0. The number of amides is 1. The predicted molar refractivity (Wildman–Crippen MR) is 128 cm³/mol. The first-order valence-electron chi connectivity index (χ1n) is 11.9. The van der Waals surface area contributed by atoms with Gasteiger partial charge in [0.1, 0.15) is 5.82 Å². The molecule has 2 N–H and O–H groups in total. The molecule has 0 radical (unpaired) electrons. The third-order valence-corrected chi connectivity index (χ3v) is 6.59. The molecule has 1 aromatic heterocycles. The molecule has 0 spiro atoms. The van der Waals surface area contributed by atoms with Crippen LogP contribution in [-0.4, -0.2) is 71.2 Å². The van der Waals surface area contributed by atoms with E-state index in [-0.39, 0.29) is 23.4 Å². The van der Waals surface area contributed by atoms with Gasteiger partial charge in [-0.15, -0.1) is 5.10 Å². The van der Waals surface area contributed by atoms with Crippen LogP contribution < -0.4 is 10.6 Å². The maximum absolute atomic E-state index is 14.7. The Morgan fingerprint density at radius 2 is 1.88 bits per heavy atom. The van der Waals surface area contributed by atoms with Gasteiger partial charge in [0.25, 0.3) is 11.8 Å². The number of hydrogen-bond donors (Lipinski definition) is 2. The Morgan fingerprint density at radius 3 is 2.68 bits per heavy atom. The Labute approximate surface area is 198 Å². The van der Waals surface area contributed by atoms with E-state index >= 15 is 0 Å². The van der Waals surface area contributed by atoms with Gasteiger partial charge in [-0.2, -0.15) is 0 Å². The lowest BCUT2D eigenvalue weighted by Gasteiger charge is -2.31. The topological polar surface area (TPSA) is 86.5 Å². The summed E-state index contributed by atoms with van der Waals surface area (Å²) in [5.74, 6) is -0.755. The van der Waals surface area contributed by atoms with Crippen LogP contribution in [0.4, 0.5) is 16.1 Å². The number of hydrogen-bond acceptors (Lipinski definition) is 7. The van der Waals surface area contributed by atoms with Crippen molar-refractivity contribution in [2.24, 2.45) is 0 Å². The van der Waals surface area contributed by atoms with Gasteiger partial charge in [0, 0.05) is 43.5 Å². The SMILES string of the molecule is O=C(Nc1ccc(-c2nnc(NCCCN3CCN4CCC3CC4)o2)c(F)c1)c1ccccc1. The molecule has 8 nitrogen and oxygen atoms in total. The number of nitrogens with zero attached hydrogens (tertiary/aromatic N) is 4. The molecular formula is C25H29FN6O2. The molecule has 3 fully saturated rings. The fourth-order valence-electron chi connectivity index (χ4n) is 4.69. The quantitative estimate of drug-likeness (QED) is 0.492. The minimum atomic E-state index is -0.548. The van der Waals surface area contributed by atoms with Crippen LogP contribution in [0.3, 0.4) is 0 Å². The van der Waals surface area contributed by atoms with Crippen molar-refractivity contribution in [2.45, 2.75) is 25.3 Å². The Bertz CT molecular complexity index is 1110. The third kappa shape index (κ3) is 5.26. The van der Waals surface area contributed by atoms with Crippen LogP contribution in [0.25, 0.3) is 11.5 Å². The van der Waals surface area contributed by atoms with Crippen molar-refractivity contribution in [3.8, 4) is 11.5 Å². The summed E-state index contributed by atoms with van der Waals surface area (Å²) in [6.45, 7) is 6.49. The summed E-state index contributed by atoms with van der Waals surface area (Å²) in [6, 6.07) is 14.1. The zero-order valence-corrected chi connectivity index (χ0v) is 19.0. The Kier molecular flexibility index (Phi) is 6.82. The van der Waals surface area contributed by atoms with E-state index in [0.717, 1.165) is 26.1 Å². The van der Waals surface area contributed by atoms with Gasteiger partial charge in [-0.05, 0) is 62.7 Å². The molecule has 0 atom stereocenters. The van der Waals surface area contributed by atoms with E-state index in [1.54, 1.807) is 30.3 Å². The van der Waals surface area contributed by atoms with E-state index < -0.39 is 5.82 Å². The number of nitrogens with one attached hydrogen (secondary N) is 2. The second-order valence-electron chi connectivity index (χ2n) is 8.82. The van der Waals surface area contributed by atoms with Crippen LogP contribution in [0.5, 0.6) is 0 Å². The number of rotatable bonds is 8. The van der Waals surface area contributed by atoms with Gasteiger partial charge in [-0.1, -0.05) is 23.3 Å². The average Bonchev–Trinajstić information content (AvgIpc) is 3.14. The van der Waals surface area contributed by atoms with Crippen molar-refractivity contribution in [1.82, 2.24) is 20.0 Å².